The van der Waals surface area contributed by atoms with Gasteiger partial charge in [-0.1, -0.05) is 0 Å². The Balaban J connectivity index is 2.61. The van der Waals surface area contributed by atoms with Gasteiger partial charge < -0.3 is 14.8 Å². The number of anilines is 1. The standard InChI is InChI=1S/C11H20N4O/c1-4-15(9-5-8-14(2)3)10-11(16)13-7-6-12-10/h6-7H,4-5,8-9H2,1-3H3,(H,13,16). The van der Waals surface area contributed by atoms with Gasteiger partial charge in [-0.3, -0.25) is 4.79 Å². The lowest BCUT2D eigenvalue weighted by Crippen LogP contribution is -2.32. The van der Waals surface area contributed by atoms with Crippen LogP contribution in [0.5, 0.6) is 0 Å². The van der Waals surface area contributed by atoms with Crippen LogP contribution in [0.1, 0.15) is 13.3 Å². The van der Waals surface area contributed by atoms with Crippen LogP contribution >= 0.6 is 0 Å². The van der Waals surface area contributed by atoms with Crippen LogP contribution < -0.4 is 10.5 Å². The molecule has 1 heterocycles. The Hall–Kier alpha value is -1.36. The van der Waals surface area contributed by atoms with Crippen molar-refractivity contribution in [1.29, 1.82) is 0 Å². The fourth-order valence-electron chi connectivity index (χ4n) is 1.56. The van der Waals surface area contributed by atoms with Crippen molar-refractivity contribution in [2.24, 2.45) is 0 Å². The Labute approximate surface area is 96.1 Å². The third-order valence-corrected chi connectivity index (χ3v) is 2.40. The number of H-pyrrole nitrogens is 1. The number of nitrogens with one attached hydrogen (secondary N) is 1. The number of hydrogen-bond donors (Lipinski definition) is 1. The highest BCUT2D eigenvalue weighted by atomic mass is 16.1. The predicted octanol–water partition coefficient (Wildman–Crippen LogP) is 0.548. The molecule has 1 N–H and O–H groups in total. The lowest BCUT2D eigenvalue weighted by molar-refractivity contribution is 0.400. The molecular formula is C11H20N4O. The van der Waals surface area contributed by atoms with Gasteiger partial charge in [0, 0.05) is 25.5 Å². The predicted molar refractivity (Wildman–Crippen MR) is 65.9 cm³/mol. The van der Waals surface area contributed by atoms with Gasteiger partial charge in [-0.25, -0.2) is 4.98 Å². The maximum Gasteiger partial charge on any atom is 0.290 e. The van der Waals surface area contributed by atoms with Crippen molar-refractivity contribution in [3.63, 3.8) is 0 Å². The average molecular weight is 224 g/mol. The first-order chi connectivity index (χ1) is 7.65. The zero-order valence-electron chi connectivity index (χ0n) is 10.2. The van der Waals surface area contributed by atoms with E-state index in [2.05, 4.69) is 14.9 Å². The fourth-order valence-corrected chi connectivity index (χ4v) is 1.56. The van der Waals surface area contributed by atoms with Crippen molar-refractivity contribution in [1.82, 2.24) is 14.9 Å². The maximum absolute atomic E-state index is 11.5. The number of aromatic amines is 1. The van der Waals surface area contributed by atoms with Crippen LogP contribution in [0.4, 0.5) is 5.82 Å². The largest absolute Gasteiger partial charge is 0.352 e. The minimum Gasteiger partial charge on any atom is -0.352 e. The van der Waals surface area contributed by atoms with Crippen molar-refractivity contribution in [3.8, 4) is 0 Å². The molecule has 0 spiro atoms. The molecule has 1 rings (SSSR count). The van der Waals surface area contributed by atoms with Crippen LogP contribution in [0.2, 0.25) is 0 Å². The molecule has 0 saturated carbocycles. The molecule has 1 aromatic heterocycles. The highest BCUT2D eigenvalue weighted by molar-refractivity contribution is 5.34. The Bertz CT molecular complexity index is 361. The van der Waals surface area contributed by atoms with Gasteiger partial charge in [-0.2, -0.15) is 0 Å². The summed E-state index contributed by atoms with van der Waals surface area (Å²) in [6, 6.07) is 0. The van der Waals surface area contributed by atoms with Crippen LogP contribution in [-0.4, -0.2) is 48.6 Å². The fraction of sp³-hybridized carbons (Fsp3) is 0.636. The normalized spacial score (nSPS) is 10.8. The summed E-state index contributed by atoms with van der Waals surface area (Å²) in [5, 5.41) is 0. The van der Waals surface area contributed by atoms with Gasteiger partial charge in [-0.05, 0) is 34.0 Å². The summed E-state index contributed by atoms with van der Waals surface area (Å²) in [6.07, 6.45) is 4.20. The van der Waals surface area contributed by atoms with Crippen molar-refractivity contribution < 1.29 is 0 Å². The van der Waals surface area contributed by atoms with Gasteiger partial charge in [0.15, 0.2) is 5.82 Å². The van der Waals surface area contributed by atoms with E-state index in [9.17, 15) is 4.79 Å². The SMILES string of the molecule is CCN(CCCN(C)C)c1ncc[nH]c1=O. The molecule has 0 aromatic carbocycles. The van der Waals surface area contributed by atoms with E-state index >= 15 is 0 Å². The summed E-state index contributed by atoms with van der Waals surface area (Å²) >= 11 is 0. The third kappa shape index (κ3) is 3.66. The second-order valence-corrected chi connectivity index (χ2v) is 3.98. The van der Waals surface area contributed by atoms with Crippen LogP contribution in [-0.2, 0) is 0 Å². The molecule has 0 aliphatic heterocycles. The van der Waals surface area contributed by atoms with E-state index in [-0.39, 0.29) is 5.56 Å². The summed E-state index contributed by atoms with van der Waals surface area (Å²) in [4.78, 5) is 22.4. The van der Waals surface area contributed by atoms with Crippen molar-refractivity contribution >= 4 is 5.82 Å². The van der Waals surface area contributed by atoms with Gasteiger partial charge in [0.05, 0.1) is 0 Å². The van der Waals surface area contributed by atoms with Crippen molar-refractivity contribution in [2.75, 3.05) is 38.6 Å². The first-order valence-corrected chi connectivity index (χ1v) is 5.58. The van der Waals surface area contributed by atoms with E-state index in [4.69, 9.17) is 0 Å². The lowest BCUT2D eigenvalue weighted by atomic mass is 10.3. The molecule has 0 aliphatic carbocycles. The molecule has 1 aromatic rings. The molecule has 90 valence electrons. The summed E-state index contributed by atoms with van der Waals surface area (Å²) in [6.45, 7) is 4.70. The smallest absolute Gasteiger partial charge is 0.290 e. The average Bonchev–Trinajstić information content (AvgIpc) is 2.25. The number of hydrogen-bond acceptors (Lipinski definition) is 4. The zero-order valence-corrected chi connectivity index (χ0v) is 10.2. The molecule has 0 atom stereocenters. The first kappa shape index (κ1) is 12.7. The zero-order chi connectivity index (χ0) is 12.0. The van der Waals surface area contributed by atoms with Gasteiger partial charge in [0.1, 0.15) is 0 Å². The van der Waals surface area contributed by atoms with Crippen LogP contribution in [0, 0.1) is 0 Å². The topological polar surface area (TPSA) is 52.2 Å². The van der Waals surface area contributed by atoms with Crippen molar-refractivity contribution in [2.45, 2.75) is 13.3 Å². The third-order valence-electron chi connectivity index (χ3n) is 2.40. The van der Waals surface area contributed by atoms with Gasteiger partial charge >= 0.3 is 0 Å². The van der Waals surface area contributed by atoms with Gasteiger partial charge in [0.25, 0.3) is 5.56 Å². The molecule has 0 fully saturated rings. The molecule has 5 nitrogen and oxygen atoms in total. The van der Waals surface area contributed by atoms with Crippen LogP contribution in [0.25, 0.3) is 0 Å². The summed E-state index contributed by atoms with van der Waals surface area (Å²) in [7, 11) is 4.09. The van der Waals surface area contributed by atoms with Crippen LogP contribution in [0.3, 0.4) is 0 Å². The Morgan fingerprint density at radius 2 is 2.12 bits per heavy atom. The minimum absolute atomic E-state index is 0.116. The van der Waals surface area contributed by atoms with E-state index in [1.54, 1.807) is 12.4 Å². The quantitative estimate of drug-likeness (QED) is 0.766. The minimum atomic E-state index is -0.116. The second kappa shape index (κ2) is 6.27. The van der Waals surface area contributed by atoms with E-state index in [0.717, 1.165) is 26.1 Å². The molecule has 5 heteroatoms. The van der Waals surface area contributed by atoms with E-state index in [0.29, 0.717) is 5.82 Å². The van der Waals surface area contributed by atoms with Crippen molar-refractivity contribution in [3.05, 3.63) is 22.7 Å². The van der Waals surface area contributed by atoms with Crippen LogP contribution in [0.15, 0.2) is 17.2 Å². The second-order valence-electron chi connectivity index (χ2n) is 3.98. The highest BCUT2D eigenvalue weighted by Gasteiger charge is 2.08. The maximum atomic E-state index is 11.5. The molecule has 16 heavy (non-hydrogen) atoms. The number of rotatable bonds is 6. The monoisotopic (exact) mass is 224 g/mol. The van der Waals surface area contributed by atoms with Gasteiger partial charge in [-0.15, -0.1) is 0 Å². The number of aromatic nitrogens is 2. The Morgan fingerprint density at radius 3 is 2.69 bits per heavy atom. The molecule has 0 aliphatic rings. The van der Waals surface area contributed by atoms with E-state index in [1.165, 1.54) is 0 Å². The Morgan fingerprint density at radius 1 is 1.38 bits per heavy atom. The Kier molecular flexibility index (Phi) is 4.98. The lowest BCUT2D eigenvalue weighted by Gasteiger charge is -2.21. The molecular weight excluding hydrogens is 204 g/mol. The summed E-state index contributed by atoms with van der Waals surface area (Å²) in [5.41, 5.74) is -0.116. The molecule has 0 bridgehead atoms. The molecule has 0 amide bonds. The first-order valence-electron chi connectivity index (χ1n) is 5.58. The molecule has 0 saturated heterocycles. The van der Waals surface area contributed by atoms with E-state index in [1.807, 2.05) is 25.9 Å². The summed E-state index contributed by atoms with van der Waals surface area (Å²) in [5.74, 6) is 0.517. The number of nitrogens with zero attached hydrogens (tertiary/aromatic N) is 3. The van der Waals surface area contributed by atoms with Gasteiger partial charge in [0.2, 0.25) is 0 Å². The highest BCUT2D eigenvalue weighted by Crippen LogP contribution is 2.02. The molecule has 0 unspecified atom stereocenters. The van der Waals surface area contributed by atoms with E-state index < -0.39 is 0 Å². The summed E-state index contributed by atoms with van der Waals surface area (Å²) < 4.78 is 0. The molecule has 0 radical (unpaired) electrons.